The second-order valence-electron chi connectivity index (χ2n) is 20.4. The van der Waals surface area contributed by atoms with Crippen molar-refractivity contribution in [3.05, 3.63) is 226 Å². The Kier molecular flexibility index (Phi) is 12.0. The first-order valence-corrected chi connectivity index (χ1v) is 26.0. The second kappa shape index (κ2) is 19.4. The molecule has 4 amide bonds. The summed E-state index contributed by atoms with van der Waals surface area (Å²) in [6.45, 7) is 7.63. The van der Waals surface area contributed by atoms with E-state index in [1.165, 1.54) is 73.3 Å². The number of aryl methyl sites for hydroxylation is 4. The van der Waals surface area contributed by atoms with E-state index in [1.54, 1.807) is 48.5 Å². The molecule has 2 aliphatic heterocycles. The number of hydrogen-bond donors (Lipinski definition) is 2. The van der Waals surface area contributed by atoms with Gasteiger partial charge in [-0.2, -0.15) is 0 Å². The van der Waals surface area contributed by atoms with Crippen molar-refractivity contribution in [3.63, 3.8) is 0 Å². The van der Waals surface area contributed by atoms with E-state index in [1.807, 2.05) is 76.2 Å². The number of pyridine rings is 2. The number of imide groups is 2. The van der Waals surface area contributed by atoms with Gasteiger partial charge in [-0.1, -0.05) is 70.8 Å². The van der Waals surface area contributed by atoms with Crippen molar-refractivity contribution in [3.8, 4) is 46.0 Å². The minimum Gasteiger partial charge on any atom is -0.479 e. The Morgan fingerprint density at radius 2 is 0.585 bits per heavy atom. The molecule has 4 heterocycles. The Morgan fingerprint density at radius 1 is 0.354 bits per heavy atom. The van der Waals surface area contributed by atoms with Crippen LogP contribution in [0, 0.1) is 27.7 Å². The van der Waals surface area contributed by atoms with Crippen LogP contribution in [0.15, 0.2) is 170 Å². The monoisotopic (exact) mass is 1080 g/mol. The van der Waals surface area contributed by atoms with Crippen molar-refractivity contribution < 1.29 is 57.9 Å². The molecule has 16 nitrogen and oxygen atoms in total. The van der Waals surface area contributed by atoms with Gasteiger partial charge in [0, 0.05) is 67.9 Å². The number of nitrogens with zero attached hydrogens (tertiary/aromatic N) is 4. The van der Waals surface area contributed by atoms with Crippen LogP contribution >= 0.6 is 0 Å². The Morgan fingerprint density at radius 3 is 0.805 bits per heavy atom. The van der Waals surface area contributed by atoms with Crippen LogP contribution in [0.1, 0.15) is 86.9 Å². The van der Waals surface area contributed by atoms with E-state index in [4.69, 9.17) is 18.9 Å². The van der Waals surface area contributed by atoms with Crippen molar-refractivity contribution in [2.24, 2.45) is 0 Å². The topological polar surface area (TPSA) is 212 Å². The number of carboxylic acids is 2. The van der Waals surface area contributed by atoms with Gasteiger partial charge in [0.2, 0.25) is 0 Å². The van der Waals surface area contributed by atoms with Gasteiger partial charge in [0.1, 0.15) is 46.0 Å². The summed E-state index contributed by atoms with van der Waals surface area (Å²) in [6.07, 6.45) is 5.48. The fraction of sp³-hybridized carbons (Fsp3) is 0.0909. The van der Waals surface area contributed by atoms with Crippen LogP contribution in [0.5, 0.6) is 46.0 Å². The SMILES string of the molecule is Cc1ccc(Oc2cc3c4c(cc(Oc5ccc(C)cc5)c5c6c(Oc7ccc(C)cc7)cc7c8c(cc(Oc9ccc(C)cc9)c(c2c45)c86)C(=O)N(C(C(=O)O)c2ccncc2)C7=O)C(=O)N(C(C(=O)O)c2ccncc2)C3=O)cc1. The molecule has 2 unspecified atom stereocenters. The minimum atomic E-state index is -1.82. The van der Waals surface area contributed by atoms with Crippen LogP contribution < -0.4 is 18.9 Å². The van der Waals surface area contributed by atoms with Crippen LogP contribution in [-0.2, 0) is 9.59 Å². The Hall–Kier alpha value is -11.0. The highest BCUT2D eigenvalue weighted by atomic mass is 16.5. The van der Waals surface area contributed by atoms with Gasteiger partial charge in [-0.25, -0.2) is 9.59 Å². The van der Waals surface area contributed by atoms with Crippen LogP contribution in [0.4, 0.5) is 0 Å². The highest BCUT2D eigenvalue weighted by Gasteiger charge is 2.47. The summed E-state index contributed by atoms with van der Waals surface area (Å²) in [5.41, 5.74) is 3.43. The molecule has 0 bridgehead atoms. The minimum absolute atomic E-state index is 0.0179. The summed E-state index contributed by atoms with van der Waals surface area (Å²) in [6, 6.07) is 36.4. The first-order chi connectivity index (χ1) is 39.6. The van der Waals surface area contributed by atoms with E-state index in [0.717, 1.165) is 22.3 Å². The van der Waals surface area contributed by atoms with Crippen molar-refractivity contribution in [2.45, 2.75) is 39.8 Å². The van der Waals surface area contributed by atoms with Gasteiger partial charge in [-0.05, 0) is 136 Å². The summed E-state index contributed by atoms with van der Waals surface area (Å²) in [5.74, 6) is -5.48. The molecule has 0 aliphatic carbocycles. The molecule has 0 radical (unpaired) electrons. The third-order valence-electron chi connectivity index (χ3n) is 15.0. The Labute approximate surface area is 466 Å². The molecule has 11 aromatic rings. The number of benzene rings is 9. The van der Waals surface area contributed by atoms with E-state index in [-0.39, 0.29) is 99.5 Å². The zero-order valence-corrected chi connectivity index (χ0v) is 44.1. The van der Waals surface area contributed by atoms with Crippen LogP contribution in [0.25, 0.3) is 43.1 Å². The molecule has 16 heteroatoms. The number of carboxylic acid groups (broad SMARTS) is 2. The van der Waals surface area contributed by atoms with Crippen LogP contribution in [0.2, 0.25) is 0 Å². The fourth-order valence-electron chi connectivity index (χ4n) is 11.2. The van der Waals surface area contributed by atoms with Gasteiger partial charge in [0.05, 0.1) is 22.3 Å². The van der Waals surface area contributed by atoms with Gasteiger partial charge in [-0.3, -0.25) is 38.9 Å². The van der Waals surface area contributed by atoms with Gasteiger partial charge in [0.25, 0.3) is 23.6 Å². The molecular formula is C66H44N4O12. The lowest BCUT2D eigenvalue weighted by Gasteiger charge is -2.35. The first kappa shape index (κ1) is 50.5. The molecule has 400 valence electrons. The number of amides is 4. The number of fused-ring (bicyclic) bond motifs is 2. The lowest BCUT2D eigenvalue weighted by atomic mass is 9.80. The number of carbonyl (C=O) groups excluding carboxylic acids is 4. The van der Waals surface area contributed by atoms with E-state index < -0.39 is 47.7 Å². The highest BCUT2D eigenvalue weighted by molar-refractivity contribution is 6.45. The molecule has 2 aromatic heterocycles. The summed E-state index contributed by atoms with van der Waals surface area (Å²) in [7, 11) is 0. The Balaban J connectivity index is 1.25. The second-order valence-corrected chi connectivity index (χ2v) is 20.4. The summed E-state index contributed by atoms with van der Waals surface area (Å²) >= 11 is 0. The summed E-state index contributed by atoms with van der Waals surface area (Å²) < 4.78 is 27.9. The molecular weight excluding hydrogens is 1040 g/mol. The molecule has 0 fully saturated rings. The maximum atomic E-state index is 15.6. The number of aliphatic carboxylic acids is 2. The molecule has 2 atom stereocenters. The summed E-state index contributed by atoms with van der Waals surface area (Å²) in [5, 5.41) is 23.5. The number of hydrogen-bond acceptors (Lipinski definition) is 12. The molecule has 0 saturated carbocycles. The van der Waals surface area contributed by atoms with E-state index in [0.29, 0.717) is 32.8 Å². The number of aromatic nitrogens is 2. The Bertz CT molecular complexity index is 4000. The zero-order valence-electron chi connectivity index (χ0n) is 44.1. The van der Waals surface area contributed by atoms with E-state index in [2.05, 4.69) is 9.97 Å². The highest BCUT2D eigenvalue weighted by Crippen LogP contribution is 2.58. The first-order valence-electron chi connectivity index (χ1n) is 26.0. The maximum Gasteiger partial charge on any atom is 0.331 e. The van der Waals surface area contributed by atoms with E-state index in [9.17, 15) is 19.8 Å². The van der Waals surface area contributed by atoms with Gasteiger partial charge < -0.3 is 29.2 Å². The summed E-state index contributed by atoms with van der Waals surface area (Å²) in [4.78, 5) is 99.1. The lowest BCUT2D eigenvalue weighted by molar-refractivity contribution is -0.142. The van der Waals surface area contributed by atoms with Crippen molar-refractivity contribution >= 4 is 78.7 Å². The molecule has 82 heavy (non-hydrogen) atoms. The largest absolute Gasteiger partial charge is 0.479 e. The normalized spacial score (nSPS) is 13.8. The predicted octanol–water partition coefficient (Wildman–Crippen LogP) is 13.8. The maximum absolute atomic E-state index is 15.6. The molecule has 13 rings (SSSR count). The number of rotatable bonds is 14. The quantitative estimate of drug-likeness (QED) is 0.0589. The molecule has 0 saturated heterocycles. The predicted molar refractivity (Wildman–Crippen MR) is 303 cm³/mol. The zero-order chi connectivity index (χ0) is 56.8. The third kappa shape index (κ3) is 8.22. The van der Waals surface area contributed by atoms with Crippen molar-refractivity contribution in [1.29, 1.82) is 0 Å². The average Bonchev–Trinajstić information content (AvgIpc) is 1.21. The molecule has 2 N–H and O–H groups in total. The fourth-order valence-corrected chi connectivity index (χ4v) is 11.2. The lowest BCUT2D eigenvalue weighted by Crippen LogP contribution is -2.45. The van der Waals surface area contributed by atoms with E-state index >= 15 is 19.2 Å². The van der Waals surface area contributed by atoms with Crippen LogP contribution in [0.3, 0.4) is 0 Å². The standard InChI is InChI=1S/C66H44N4O12/c1-33-5-13-39(14-6-33)79-47-29-43-51-44(62(72)69(61(43)71)59(65(75)76)37-21-25-67-26-22-37)31-49(81-41-17-9-35(3)10-18-41)55-56-50(82-42-19-11-36(4)12-20-42)32-46-52-45(63(73)70(64(46)74)60(66(77)78)38-23-27-68-28-24-38)30-48(54(58(52)56)53(47)57(51)55)80-40-15-7-34(2)8-16-40/h5-32,59-60H,1-4H3,(H,75,76)(H,77,78). The van der Waals surface area contributed by atoms with Gasteiger partial charge in [-0.15, -0.1) is 0 Å². The van der Waals surface area contributed by atoms with Crippen LogP contribution in [-0.4, -0.2) is 65.5 Å². The number of ether oxygens (including phenoxy) is 4. The molecule has 2 aliphatic rings. The van der Waals surface area contributed by atoms with Crippen molar-refractivity contribution in [2.75, 3.05) is 0 Å². The smallest absolute Gasteiger partial charge is 0.331 e. The molecule has 9 aromatic carbocycles. The van der Waals surface area contributed by atoms with Gasteiger partial charge in [0.15, 0.2) is 12.1 Å². The number of carbonyl (C=O) groups is 6. The average molecular weight is 1090 g/mol. The van der Waals surface area contributed by atoms with Gasteiger partial charge >= 0.3 is 11.9 Å². The third-order valence-corrected chi connectivity index (χ3v) is 15.0. The molecule has 0 spiro atoms. The van der Waals surface area contributed by atoms with Crippen molar-refractivity contribution in [1.82, 2.24) is 19.8 Å².